The topological polar surface area (TPSA) is 88.2 Å². The van der Waals surface area contributed by atoms with E-state index in [0.717, 1.165) is 26.1 Å². The zero-order valence-electron chi connectivity index (χ0n) is 19.9. The molecule has 8 heteroatoms. The van der Waals surface area contributed by atoms with Gasteiger partial charge in [-0.1, -0.05) is 18.2 Å². The molecule has 0 aromatic heterocycles. The zero-order valence-corrected chi connectivity index (χ0v) is 19.9. The van der Waals surface area contributed by atoms with E-state index in [-0.39, 0.29) is 36.5 Å². The lowest BCUT2D eigenvalue weighted by Gasteiger charge is -2.35. The van der Waals surface area contributed by atoms with Crippen molar-refractivity contribution < 1.29 is 23.9 Å². The Kier molecular flexibility index (Phi) is 7.29. The standard InChI is InChI=1S/C26H31N3O5/c1-17-14-28(15-18(2)34-17)12-6-11-27-24(30)22-13-19(9-10-23(22)33-3)16-29-25(31)20-7-4-5-8-21(20)26(29)32/h4-5,7-10,13,17-18H,6,11-12,14-16H2,1-3H3,(H,27,30). The Hall–Kier alpha value is -3.23. The van der Waals surface area contributed by atoms with Crippen molar-refractivity contribution in [2.45, 2.75) is 39.0 Å². The van der Waals surface area contributed by atoms with Crippen molar-refractivity contribution in [3.05, 3.63) is 64.7 Å². The Morgan fingerprint density at radius 2 is 1.71 bits per heavy atom. The number of fused-ring (bicyclic) bond motifs is 1. The highest BCUT2D eigenvalue weighted by Gasteiger charge is 2.35. The number of benzene rings is 2. The van der Waals surface area contributed by atoms with Crippen molar-refractivity contribution in [3.63, 3.8) is 0 Å². The van der Waals surface area contributed by atoms with Crippen molar-refractivity contribution in [3.8, 4) is 5.75 Å². The summed E-state index contributed by atoms with van der Waals surface area (Å²) >= 11 is 0. The van der Waals surface area contributed by atoms with Crippen molar-refractivity contribution in [1.82, 2.24) is 15.1 Å². The van der Waals surface area contributed by atoms with Gasteiger partial charge in [0.15, 0.2) is 0 Å². The highest BCUT2D eigenvalue weighted by Crippen LogP contribution is 2.26. The van der Waals surface area contributed by atoms with Crippen LogP contribution in [0.2, 0.25) is 0 Å². The Bertz CT molecular complexity index is 1040. The summed E-state index contributed by atoms with van der Waals surface area (Å²) in [6.07, 6.45) is 1.25. The fourth-order valence-corrected chi connectivity index (χ4v) is 4.66. The van der Waals surface area contributed by atoms with Crippen LogP contribution in [0, 0.1) is 0 Å². The first-order valence-corrected chi connectivity index (χ1v) is 11.7. The third kappa shape index (κ3) is 5.13. The molecule has 8 nitrogen and oxygen atoms in total. The van der Waals surface area contributed by atoms with Gasteiger partial charge in [0, 0.05) is 26.2 Å². The number of amides is 3. The summed E-state index contributed by atoms with van der Waals surface area (Å²) in [5.41, 5.74) is 1.87. The van der Waals surface area contributed by atoms with E-state index >= 15 is 0 Å². The second-order valence-electron chi connectivity index (χ2n) is 8.90. The lowest BCUT2D eigenvalue weighted by atomic mass is 10.1. The number of rotatable bonds is 8. The third-order valence-electron chi connectivity index (χ3n) is 6.16. The summed E-state index contributed by atoms with van der Waals surface area (Å²) in [4.78, 5) is 41.8. The molecule has 1 N–H and O–H groups in total. The normalized spacial score (nSPS) is 20.4. The molecule has 0 bridgehead atoms. The molecule has 0 radical (unpaired) electrons. The molecule has 180 valence electrons. The summed E-state index contributed by atoms with van der Waals surface area (Å²) in [5.74, 6) is -0.451. The molecule has 3 amide bonds. The van der Waals surface area contributed by atoms with Gasteiger partial charge in [0.05, 0.1) is 42.6 Å². The fourth-order valence-electron chi connectivity index (χ4n) is 4.66. The molecule has 2 aromatic rings. The number of morpholine rings is 1. The molecular formula is C26H31N3O5. The number of ether oxygens (including phenoxy) is 2. The Balaban J connectivity index is 1.37. The minimum absolute atomic E-state index is 0.0873. The number of methoxy groups -OCH3 is 1. The van der Waals surface area contributed by atoms with Crippen molar-refractivity contribution in [1.29, 1.82) is 0 Å². The number of carbonyl (C=O) groups excluding carboxylic acids is 3. The van der Waals surface area contributed by atoms with Crippen molar-refractivity contribution >= 4 is 17.7 Å². The van der Waals surface area contributed by atoms with Crippen LogP contribution in [0.15, 0.2) is 42.5 Å². The van der Waals surface area contributed by atoms with Crippen LogP contribution >= 0.6 is 0 Å². The highest BCUT2D eigenvalue weighted by atomic mass is 16.5. The highest BCUT2D eigenvalue weighted by molar-refractivity contribution is 6.21. The number of nitrogens with zero attached hydrogens (tertiary/aromatic N) is 2. The average Bonchev–Trinajstić information content (AvgIpc) is 3.06. The molecule has 2 unspecified atom stereocenters. The van der Waals surface area contributed by atoms with Crippen LogP contribution in [-0.4, -0.2) is 73.0 Å². The molecule has 34 heavy (non-hydrogen) atoms. The van der Waals surface area contributed by atoms with Gasteiger partial charge in [-0.15, -0.1) is 0 Å². The van der Waals surface area contributed by atoms with Gasteiger partial charge < -0.3 is 14.8 Å². The number of imide groups is 1. The van der Waals surface area contributed by atoms with Gasteiger partial charge in [0.25, 0.3) is 17.7 Å². The lowest BCUT2D eigenvalue weighted by molar-refractivity contribution is -0.0680. The molecule has 2 atom stereocenters. The molecule has 2 aromatic carbocycles. The molecule has 4 rings (SSSR count). The van der Waals surface area contributed by atoms with Gasteiger partial charge >= 0.3 is 0 Å². The molecule has 2 aliphatic heterocycles. The van der Waals surface area contributed by atoms with E-state index in [9.17, 15) is 14.4 Å². The van der Waals surface area contributed by atoms with Crippen LogP contribution < -0.4 is 10.1 Å². The predicted molar refractivity (Wildman–Crippen MR) is 127 cm³/mol. The molecule has 2 heterocycles. The summed E-state index contributed by atoms with van der Waals surface area (Å²) < 4.78 is 11.1. The van der Waals surface area contributed by atoms with Crippen LogP contribution in [0.3, 0.4) is 0 Å². The predicted octanol–water partition coefficient (Wildman–Crippen LogP) is 2.72. The van der Waals surface area contributed by atoms with Gasteiger partial charge in [0.2, 0.25) is 0 Å². The maximum Gasteiger partial charge on any atom is 0.261 e. The van der Waals surface area contributed by atoms with Gasteiger partial charge in [-0.2, -0.15) is 0 Å². The van der Waals surface area contributed by atoms with E-state index in [4.69, 9.17) is 9.47 Å². The smallest absolute Gasteiger partial charge is 0.261 e. The van der Waals surface area contributed by atoms with E-state index in [1.807, 2.05) is 0 Å². The lowest BCUT2D eigenvalue weighted by Crippen LogP contribution is -2.46. The molecular weight excluding hydrogens is 434 g/mol. The maximum absolute atomic E-state index is 12.9. The van der Waals surface area contributed by atoms with Crippen LogP contribution in [0.4, 0.5) is 0 Å². The fraction of sp³-hybridized carbons (Fsp3) is 0.423. The van der Waals surface area contributed by atoms with E-state index in [2.05, 4.69) is 24.1 Å². The monoisotopic (exact) mass is 465 g/mol. The van der Waals surface area contributed by atoms with E-state index in [1.165, 1.54) is 12.0 Å². The number of carbonyl (C=O) groups is 3. The molecule has 0 aliphatic carbocycles. The molecule has 2 aliphatic rings. The second kappa shape index (κ2) is 10.4. The summed E-state index contributed by atoms with van der Waals surface area (Å²) in [5, 5.41) is 2.96. The number of nitrogens with one attached hydrogen (secondary N) is 1. The first kappa shape index (κ1) is 23.9. The summed E-state index contributed by atoms with van der Waals surface area (Å²) in [7, 11) is 1.51. The molecule has 1 fully saturated rings. The van der Waals surface area contributed by atoms with Crippen LogP contribution in [0.1, 0.15) is 56.9 Å². The third-order valence-corrected chi connectivity index (χ3v) is 6.16. The second-order valence-corrected chi connectivity index (χ2v) is 8.90. The number of hydrogen-bond donors (Lipinski definition) is 1. The first-order valence-electron chi connectivity index (χ1n) is 11.7. The summed E-state index contributed by atoms with van der Waals surface area (Å²) in [6.45, 7) is 7.44. The Labute approximate surface area is 199 Å². The van der Waals surface area contributed by atoms with E-state index in [1.54, 1.807) is 42.5 Å². The SMILES string of the molecule is COc1ccc(CN2C(=O)c3ccccc3C2=O)cc1C(=O)NCCCN1CC(C)OC(C)C1. The zero-order chi connectivity index (χ0) is 24.2. The van der Waals surface area contributed by atoms with Crippen molar-refractivity contribution in [2.75, 3.05) is 33.3 Å². The van der Waals surface area contributed by atoms with Gasteiger partial charge in [-0.3, -0.25) is 24.2 Å². The minimum Gasteiger partial charge on any atom is -0.496 e. The summed E-state index contributed by atoms with van der Waals surface area (Å²) in [6, 6.07) is 11.9. The van der Waals surface area contributed by atoms with Gasteiger partial charge in [-0.05, 0) is 50.1 Å². The van der Waals surface area contributed by atoms with Crippen LogP contribution in [0.25, 0.3) is 0 Å². The van der Waals surface area contributed by atoms with Gasteiger partial charge in [-0.25, -0.2) is 0 Å². The largest absolute Gasteiger partial charge is 0.496 e. The quantitative estimate of drug-likeness (QED) is 0.477. The Morgan fingerprint density at radius 1 is 1.06 bits per heavy atom. The Morgan fingerprint density at radius 3 is 2.32 bits per heavy atom. The molecule has 0 saturated carbocycles. The van der Waals surface area contributed by atoms with Gasteiger partial charge in [0.1, 0.15) is 5.75 Å². The van der Waals surface area contributed by atoms with Crippen LogP contribution in [0.5, 0.6) is 5.75 Å². The van der Waals surface area contributed by atoms with E-state index in [0.29, 0.717) is 34.5 Å². The minimum atomic E-state index is -0.325. The van der Waals surface area contributed by atoms with E-state index < -0.39 is 0 Å². The number of hydrogen-bond acceptors (Lipinski definition) is 6. The van der Waals surface area contributed by atoms with Crippen LogP contribution in [-0.2, 0) is 11.3 Å². The first-order chi connectivity index (χ1) is 16.4. The molecule has 1 saturated heterocycles. The average molecular weight is 466 g/mol. The van der Waals surface area contributed by atoms with Crippen molar-refractivity contribution in [2.24, 2.45) is 0 Å². The molecule has 0 spiro atoms. The maximum atomic E-state index is 12.9.